The van der Waals surface area contributed by atoms with E-state index in [1.165, 1.54) is 0 Å². The maximum atomic E-state index is 9.49. The molecule has 3 aromatic carbocycles. The van der Waals surface area contributed by atoms with Crippen molar-refractivity contribution in [3.8, 4) is 11.8 Å². The van der Waals surface area contributed by atoms with Gasteiger partial charge in [-0.25, -0.2) is 0 Å². The monoisotopic (exact) mass is 491 g/mol. The molecule has 0 saturated heterocycles. The highest BCUT2D eigenvalue weighted by Crippen LogP contribution is 2.30. The van der Waals surface area contributed by atoms with Crippen LogP contribution in [0.2, 0.25) is 15.1 Å². The fourth-order valence-corrected chi connectivity index (χ4v) is 3.69. The first-order valence-corrected chi connectivity index (χ1v) is 10.1. The van der Waals surface area contributed by atoms with Crippen LogP contribution in [0.1, 0.15) is 16.7 Å². The Morgan fingerprint density at radius 3 is 2.46 bits per heavy atom. The lowest BCUT2D eigenvalue weighted by Crippen LogP contribution is -1.97. The third-order valence-electron chi connectivity index (χ3n) is 3.92. The maximum Gasteiger partial charge on any atom is 0.134 e. The number of ether oxygens (including phenoxy) is 1. The number of benzene rings is 3. The molecule has 0 aliphatic heterocycles. The molecule has 0 atom stereocenters. The van der Waals surface area contributed by atoms with E-state index in [4.69, 9.17) is 39.5 Å². The number of hydrogen-bond acceptors (Lipinski definition) is 2. The molecule has 140 valence electrons. The van der Waals surface area contributed by atoms with Gasteiger partial charge in [0.2, 0.25) is 0 Å². The van der Waals surface area contributed by atoms with Crippen molar-refractivity contribution in [2.45, 2.75) is 6.61 Å². The number of hydrogen-bond donors (Lipinski definition) is 0. The molecule has 0 aliphatic carbocycles. The van der Waals surface area contributed by atoms with Gasteiger partial charge in [-0.3, -0.25) is 0 Å². The molecule has 0 saturated carbocycles. The highest BCUT2D eigenvalue weighted by atomic mass is 79.9. The minimum atomic E-state index is 0.315. The first-order chi connectivity index (χ1) is 13.5. The van der Waals surface area contributed by atoms with Crippen molar-refractivity contribution >= 4 is 62.4 Å². The Kier molecular flexibility index (Phi) is 7.04. The fourth-order valence-electron chi connectivity index (χ4n) is 2.52. The quantitative estimate of drug-likeness (QED) is 0.266. The second kappa shape index (κ2) is 9.49. The summed E-state index contributed by atoms with van der Waals surface area (Å²) < 4.78 is 6.63. The van der Waals surface area contributed by atoms with Gasteiger partial charge in [0.15, 0.2) is 0 Å². The zero-order valence-electron chi connectivity index (χ0n) is 14.4. The van der Waals surface area contributed by atoms with Crippen molar-refractivity contribution in [3.63, 3.8) is 0 Å². The molecule has 0 fully saturated rings. The first kappa shape index (κ1) is 20.8. The van der Waals surface area contributed by atoms with Crippen molar-refractivity contribution in [1.29, 1.82) is 5.26 Å². The molecule has 0 unspecified atom stereocenters. The van der Waals surface area contributed by atoms with Crippen LogP contribution in [0.25, 0.3) is 11.6 Å². The predicted molar refractivity (Wildman–Crippen MR) is 120 cm³/mol. The topological polar surface area (TPSA) is 33.0 Å². The highest BCUT2D eigenvalue weighted by molar-refractivity contribution is 9.10. The summed E-state index contributed by atoms with van der Waals surface area (Å²) in [7, 11) is 0. The number of nitriles is 1. The third-order valence-corrected chi connectivity index (χ3v) is 5.36. The molecule has 0 aliphatic rings. The van der Waals surface area contributed by atoms with Gasteiger partial charge in [0.1, 0.15) is 12.4 Å². The fraction of sp³-hybridized carbons (Fsp3) is 0.0455. The molecule has 0 N–H and O–H groups in total. The van der Waals surface area contributed by atoms with E-state index in [-0.39, 0.29) is 0 Å². The smallest absolute Gasteiger partial charge is 0.134 e. The lowest BCUT2D eigenvalue weighted by atomic mass is 10.0. The van der Waals surface area contributed by atoms with Gasteiger partial charge in [-0.05, 0) is 69.5 Å². The van der Waals surface area contributed by atoms with Crippen LogP contribution in [0, 0.1) is 11.3 Å². The number of nitrogens with zero attached hydrogens (tertiary/aromatic N) is 1. The summed E-state index contributed by atoms with van der Waals surface area (Å²) in [4.78, 5) is 0. The molecule has 0 heterocycles. The van der Waals surface area contributed by atoms with Crippen LogP contribution in [0.3, 0.4) is 0 Å². The van der Waals surface area contributed by atoms with Crippen LogP contribution in [0.4, 0.5) is 0 Å². The number of halogens is 4. The van der Waals surface area contributed by atoms with Gasteiger partial charge in [0.25, 0.3) is 0 Å². The first-order valence-electron chi connectivity index (χ1n) is 8.20. The van der Waals surface area contributed by atoms with Gasteiger partial charge in [-0.15, -0.1) is 0 Å². The summed E-state index contributed by atoms with van der Waals surface area (Å²) in [5.74, 6) is 0.671. The standard InChI is InChI=1S/C22H13BrCl3NO/c23-20-9-14(8-17(12-27)15-2-1-3-18(24)10-15)4-7-22(20)28-13-16-5-6-19(25)11-21(16)26/h1-11H,13H2/b17-8-. The molecule has 0 bridgehead atoms. The Bertz CT molecular complexity index is 1090. The van der Waals surface area contributed by atoms with Crippen molar-refractivity contribution in [3.05, 3.63) is 96.9 Å². The van der Waals surface area contributed by atoms with Crippen LogP contribution in [0.5, 0.6) is 5.75 Å². The zero-order chi connectivity index (χ0) is 20.1. The van der Waals surface area contributed by atoms with Crippen molar-refractivity contribution in [2.75, 3.05) is 0 Å². The maximum absolute atomic E-state index is 9.49. The Balaban J connectivity index is 1.79. The Labute approximate surface area is 187 Å². The zero-order valence-corrected chi connectivity index (χ0v) is 18.3. The van der Waals surface area contributed by atoms with Gasteiger partial charge in [0, 0.05) is 20.6 Å². The van der Waals surface area contributed by atoms with Crippen LogP contribution < -0.4 is 4.74 Å². The summed E-state index contributed by atoms with van der Waals surface area (Å²) in [6.07, 6.45) is 1.80. The normalized spacial score (nSPS) is 11.2. The molecule has 3 rings (SSSR count). The van der Waals surface area contributed by atoms with E-state index in [0.717, 1.165) is 21.2 Å². The van der Waals surface area contributed by atoms with Gasteiger partial charge in [-0.1, -0.05) is 59.1 Å². The van der Waals surface area contributed by atoms with Crippen LogP contribution >= 0.6 is 50.7 Å². The molecule has 3 aromatic rings. The molecule has 2 nitrogen and oxygen atoms in total. The SMILES string of the molecule is N#C/C(=C/c1ccc(OCc2ccc(Cl)cc2Cl)c(Br)c1)c1cccc(Cl)c1. The average Bonchev–Trinajstić information content (AvgIpc) is 2.66. The second-order valence-corrected chi connectivity index (χ2v) is 8.03. The Morgan fingerprint density at radius 2 is 1.79 bits per heavy atom. The van der Waals surface area contributed by atoms with E-state index in [9.17, 15) is 5.26 Å². The minimum absolute atomic E-state index is 0.315. The minimum Gasteiger partial charge on any atom is -0.488 e. The van der Waals surface area contributed by atoms with Crippen molar-refractivity contribution in [1.82, 2.24) is 0 Å². The number of rotatable bonds is 5. The molecule has 0 radical (unpaired) electrons. The van der Waals surface area contributed by atoms with E-state index in [2.05, 4.69) is 22.0 Å². The molecular formula is C22H13BrCl3NO. The molecule has 0 amide bonds. The van der Waals surface area contributed by atoms with Gasteiger partial charge in [-0.2, -0.15) is 5.26 Å². The van der Waals surface area contributed by atoms with Crippen molar-refractivity contribution < 1.29 is 4.74 Å². The molecular weight excluding hydrogens is 481 g/mol. The predicted octanol–water partition coefficient (Wildman–Crippen LogP) is 8.05. The van der Waals surface area contributed by atoms with E-state index in [1.807, 2.05) is 36.4 Å². The largest absolute Gasteiger partial charge is 0.488 e. The lowest BCUT2D eigenvalue weighted by molar-refractivity contribution is 0.304. The third kappa shape index (κ3) is 5.31. The van der Waals surface area contributed by atoms with Gasteiger partial charge < -0.3 is 4.74 Å². The van der Waals surface area contributed by atoms with Gasteiger partial charge in [0.05, 0.1) is 16.1 Å². The lowest BCUT2D eigenvalue weighted by Gasteiger charge is -2.10. The molecule has 0 aromatic heterocycles. The summed E-state index contributed by atoms with van der Waals surface area (Å²) in [5.41, 5.74) is 3.00. The highest BCUT2D eigenvalue weighted by Gasteiger charge is 2.07. The molecule has 28 heavy (non-hydrogen) atoms. The molecule has 0 spiro atoms. The van der Waals surface area contributed by atoms with Gasteiger partial charge >= 0.3 is 0 Å². The number of allylic oxidation sites excluding steroid dienone is 1. The summed E-state index contributed by atoms with van der Waals surface area (Å²) in [5, 5.41) is 11.2. The van der Waals surface area contributed by atoms with Crippen LogP contribution in [-0.2, 0) is 6.61 Å². The van der Waals surface area contributed by atoms with E-state index >= 15 is 0 Å². The van der Waals surface area contributed by atoms with Crippen LogP contribution in [-0.4, -0.2) is 0 Å². The van der Waals surface area contributed by atoms with Crippen LogP contribution in [0.15, 0.2) is 65.1 Å². The molecule has 6 heteroatoms. The Morgan fingerprint density at radius 1 is 1.00 bits per heavy atom. The van der Waals surface area contributed by atoms with E-state index < -0.39 is 0 Å². The van der Waals surface area contributed by atoms with E-state index in [0.29, 0.717) is 33.0 Å². The van der Waals surface area contributed by atoms with E-state index in [1.54, 1.807) is 30.3 Å². The average molecular weight is 494 g/mol. The summed E-state index contributed by atoms with van der Waals surface area (Å²) >= 11 is 21.6. The summed E-state index contributed by atoms with van der Waals surface area (Å²) in [6, 6.07) is 20.3. The van der Waals surface area contributed by atoms with Crippen molar-refractivity contribution in [2.24, 2.45) is 0 Å². The second-order valence-electron chi connectivity index (χ2n) is 5.89. The summed E-state index contributed by atoms with van der Waals surface area (Å²) in [6.45, 7) is 0.315. The Hall–Kier alpha value is -1.96.